The Morgan fingerprint density at radius 1 is 1.32 bits per heavy atom. The van der Waals surface area contributed by atoms with Crippen LogP contribution in [0.5, 0.6) is 0 Å². The number of anilines is 1. The fourth-order valence-corrected chi connectivity index (χ4v) is 5.77. The first-order chi connectivity index (χ1) is 17.9. The molecule has 2 aliphatic rings. The van der Waals surface area contributed by atoms with Crippen molar-refractivity contribution in [2.75, 3.05) is 11.9 Å². The van der Waals surface area contributed by atoms with Gasteiger partial charge in [-0.15, -0.1) is 11.3 Å². The van der Waals surface area contributed by atoms with E-state index in [-0.39, 0.29) is 39.0 Å². The van der Waals surface area contributed by atoms with Crippen LogP contribution in [0.1, 0.15) is 85.2 Å². The second kappa shape index (κ2) is 11.1. The number of aromatic nitrogens is 2. The fraction of sp³-hybridized carbons (Fsp3) is 0.600. The van der Waals surface area contributed by atoms with Crippen molar-refractivity contribution in [3.05, 3.63) is 28.5 Å². The summed E-state index contributed by atoms with van der Waals surface area (Å²) in [6.07, 6.45) is -0.646. The molecule has 8 nitrogen and oxygen atoms in total. The van der Waals surface area contributed by atoms with Gasteiger partial charge in [-0.05, 0) is 45.6 Å². The minimum atomic E-state index is -3.09. The van der Waals surface area contributed by atoms with Crippen LogP contribution >= 0.6 is 11.3 Å². The molecule has 13 heteroatoms. The third kappa shape index (κ3) is 6.09. The monoisotopic (exact) mass is 557 g/mol. The number of halogens is 4. The van der Waals surface area contributed by atoms with Gasteiger partial charge in [0, 0.05) is 41.9 Å². The van der Waals surface area contributed by atoms with Crippen LogP contribution < -0.4 is 10.6 Å². The van der Waals surface area contributed by atoms with Crippen LogP contribution in [-0.4, -0.2) is 68.5 Å². The highest BCUT2D eigenvalue weighted by atomic mass is 32.1. The number of amides is 2. The molecule has 1 saturated heterocycles. The maximum absolute atomic E-state index is 14.2. The number of hydrogen-bond acceptors (Lipinski definition) is 7. The van der Waals surface area contributed by atoms with Gasteiger partial charge in [-0.3, -0.25) is 9.59 Å². The van der Waals surface area contributed by atoms with E-state index >= 15 is 0 Å². The molecule has 4 rings (SSSR count). The Labute approximate surface area is 221 Å². The van der Waals surface area contributed by atoms with Crippen molar-refractivity contribution >= 4 is 29.0 Å². The second-order valence-electron chi connectivity index (χ2n) is 10.1. The topological polar surface area (TPSA) is 107 Å². The zero-order valence-corrected chi connectivity index (χ0v) is 22.1. The molecule has 0 aromatic carbocycles. The summed E-state index contributed by atoms with van der Waals surface area (Å²) in [5, 5.41) is 15.4. The second-order valence-corrected chi connectivity index (χ2v) is 11.1. The van der Waals surface area contributed by atoms with Gasteiger partial charge in [0.15, 0.2) is 5.01 Å². The van der Waals surface area contributed by atoms with Crippen LogP contribution in [0.25, 0.3) is 10.4 Å². The normalized spacial score (nSPS) is 23.6. The lowest BCUT2D eigenvalue weighted by atomic mass is 10.1. The number of aliphatic hydroxyl groups excluding tert-OH is 1. The molecule has 0 radical (unpaired) electrons. The fourth-order valence-electron chi connectivity index (χ4n) is 4.78. The molecule has 2 aromatic heterocycles. The molecule has 38 heavy (non-hydrogen) atoms. The molecule has 208 valence electrons. The molecule has 1 aliphatic heterocycles. The van der Waals surface area contributed by atoms with Crippen LogP contribution in [0.3, 0.4) is 0 Å². The Bertz CT molecular complexity index is 1190. The first-order valence-electron chi connectivity index (χ1n) is 12.6. The van der Waals surface area contributed by atoms with Gasteiger partial charge in [0.05, 0.1) is 17.5 Å². The van der Waals surface area contributed by atoms with Gasteiger partial charge in [-0.25, -0.2) is 27.5 Å². The number of thiazole rings is 1. The molecule has 4 atom stereocenters. The molecular formula is C25H31F4N5O3S. The summed E-state index contributed by atoms with van der Waals surface area (Å²) in [5.74, 6) is -4.36. The lowest BCUT2D eigenvalue weighted by molar-refractivity contribution is 0.0118. The predicted octanol–water partition coefficient (Wildman–Crippen LogP) is 4.87. The van der Waals surface area contributed by atoms with Crippen LogP contribution in [0.4, 0.5) is 23.4 Å². The van der Waals surface area contributed by atoms with Crippen LogP contribution in [0.15, 0.2) is 12.3 Å². The standard InChI is InChI=1S/C25H31F4N5O3S/c1-4-12(2)31-18-8-16(21(26)27)17(10-30-18)20-19(24(37)34-11-25(28,29)9-13(34)3)33-23(38-20)22(36)32-14-5-6-15(35)7-14/h8,10,12-15,21,35H,4-7,9,11H2,1-3H3,(H,30,31)(H,32,36)/t12-,13+,14-,15-/m1/s1. The Morgan fingerprint density at radius 3 is 2.63 bits per heavy atom. The SMILES string of the molecule is CC[C@@H](C)Nc1cc(C(F)F)c(-c2sc(C(=O)N[C@@H]3CC[C@@H](O)C3)nc2C(=O)N2CC(F)(F)C[C@@H]2C)cn1. The molecule has 0 unspecified atom stereocenters. The number of alkyl halides is 4. The maximum atomic E-state index is 14.2. The van der Waals surface area contributed by atoms with E-state index in [1.54, 1.807) is 0 Å². The minimum Gasteiger partial charge on any atom is -0.393 e. The number of likely N-dealkylation sites (tertiary alicyclic amines) is 1. The van der Waals surface area contributed by atoms with E-state index in [0.29, 0.717) is 19.3 Å². The van der Waals surface area contributed by atoms with E-state index < -0.39 is 54.8 Å². The summed E-state index contributed by atoms with van der Waals surface area (Å²) in [6.45, 7) is 4.45. The predicted molar refractivity (Wildman–Crippen MR) is 135 cm³/mol. The molecule has 2 amide bonds. The van der Waals surface area contributed by atoms with Crippen molar-refractivity contribution in [1.29, 1.82) is 0 Å². The minimum absolute atomic E-state index is 0.0258. The number of carbonyl (C=O) groups excluding carboxylic acids is 2. The van der Waals surface area contributed by atoms with Crippen molar-refractivity contribution in [2.24, 2.45) is 0 Å². The van der Waals surface area contributed by atoms with E-state index in [1.165, 1.54) is 19.2 Å². The Hall–Kier alpha value is -2.80. The van der Waals surface area contributed by atoms with Gasteiger partial charge in [0.2, 0.25) is 0 Å². The third-order valence-corrected chi connectivity index (χ3v) is 8.06. The number of carbonyl (C=O) groups is 2. The third-order valence-electron chi connectivity index (χ3n) is 6.98. The molecule has 0 spiro atoms. The van der Waals surface area contributed by atoms with E-state index in [2.05, 4.69) is 20.6 Å². The van der Waals surface area contributed by atoms with Crippen molar-refractivity contribution in [3.63, 3.8) is 0 Å². The van der Waals surface area contributed by atoms with Crippen LogP contribution in [-0.2, 0) is 0 Å². The van der Waals surface area contributed by atoms with E-state index in [4.69, 9.17) is 0 Å². The quantitative estimate of drug-likeness (QED) is 0.400. The largest absolute Gasteiger partial charge is 0.393 e. The summed E-state index contributed by atoms with van der Waals surface area (Å²) in [7, 11) is 0. The average molecular weight is 558 g/mol. The molecule has 2 aromatic rings. The van der Waals surface area contributed by atoms with Gasteiger partial charge < -0.3 is 20.6 Å². The smallest absolute Gasteiger partial charge is 0.280 e. The molecular weight excluding hydrogens is 526 g/mol. The summed E-state index contributed by atoms with van der Waals surface area (Å²) in [5.41, 5.74) is -0.860. The molecule has 2 fully saturated rings. The Kier molecular flexibility index (Phi) is 8.26. The van der Waals surface area contributed by atoms with E-state index in [0.717, 1.165) is 22.7 Å². The van der Waals surface area contributed by atoms with Crippen molar-refractivity contribution < 1.29 is 32.3 Å². The maximum Gasteiger partial charge on any atom is 0.280 e. The lowest BCUT2D eigenvalue weighted by Gasteiger charge is -2.20. The van der Waals surface area contributed by atoms with E-state index in [9.17, 15) is 32.3 Å². The number of nitrogens with zero attached hydrogens (tertiary/aromatic N) is 3. The number of rotatable bonds is 8. The molecule has 1 aliphatic carbocycles. The summed E-state index contributed by atoms with van der Waals surface area (Å²) < 4.78 is 56.6. The number of hydrogen-bond donors (Lipinski definition) is 3. The van der Waals surface area contributed by atoms with E-state index in [1.807, 2.05) is 13.8 Å². The zero-order valence-electron chi connectivity index (χ0n) is 21.3. The lowest BCUT2D eigenvalue weighted by Crippen LogP contribution is -2.36. The first kappa shape index (κ1) is 28.2. The number of nitrogens with one attached hydrogen (secondary N) is 2. The van der Waals surface area contributed by atoms with Gasteiger partial charge in [-0.1, -0.05) is 6.92 Å². The highest BCUT2D eigenvalue weighted by molar-refractivity contribution is 7.17. The Morgan fingerprint density at radius 2 is 2.05 bits per heavy atom. The van der Waals surface area contributed by atoms with Gasteiger partial charge in [0.1, 0.15) is 11.5 Å². The highest BCUT2D eigenvalue weighted by Gasteiger charge is 2.46. The number of pyridine rings is 1. The molecule has 1 saturated carbocycles. The van der Waals surface area contributed by atoms with Gasteiger partial charge in [0.25, 0.3) is 24.2 Å². The van der Waals surface area contributed by atoms with Crippen molar-refractivity contribution in [1.82, 2.24) is 20.2 Å². The van der Waals surface area contributed by atoms with Crippen LogP contribution in [0, 0.1) is 0 Å². The molecule has 3 heterocycles. The van der Waals surface area contributed by atoms with Crippen molar-refractivity contribution in [2.45, 2.75) is 89.5 Å². The summed E-state index contributed by atoms with van der Waals surface area (Å²) in [4.78, 5) is 35.8. The van der Waals surface area contributed by atoms with Crippen LogP contribution in [0.2, 0.25) is 0 Å². The summed E-state index contributed by atoms with van der Waals surface area (Å²) in [6, 6.07) is 0.0543. The van der Waals surface area contributed by atoms with Gasteiger partial charge >= 0.3 is 0 Å². The number of aliphatic hydroxyl groups is 1. The Balaban J connectivity index is 1.75. The molecule has 0 bridgehead atoms. The first-order valence-corrected chi connectivity index (χ1v) is 13.4. The van der Waals surface area contributed by atoms with Gasteiger partial charge in [-0.2, -0.15) is 0 Å². The summed E-state index contributed by atoms with van der Waals surface area (Å²) >= 11 is 0.735. The average Bonchev–Trinajstić information content (AvgIpc) is 3.54. The highest BCUT2D eigenvalue weighted by Crippen LogP contribution is 2.40. The zero-order chi connectivity index (χ0) is 27.8. The van der Waals surface area contributed by atoms with Crippen molar-refractivity contribution in [3.8, 4) is 10.4 Å². The molecule has 3 N–H and O–H groups in total.